The van der Waals surface area contributed by atoms with Crippen molar-refractivity contribution < 1.29 is 24.2 Å². The number of aromatic carboxylic acids is 1. The Kier molecular flexibility index (Phi) is 5.57. The predicted molar refractivity (Wildman–Crippen MR) is 104 cm³/mol. The molecule has 0 aliphatic rings. The van der Waals surface area contributed by atoms with Gasteiger partial charge in [0.15, 0.2) is 17.3 Å². The van der Waals surface area contributed by atoms with Crippen molar-refractivity contribution in [3.05, 3.63) is 70.6 Å². The summed E-state index contributed by atoms with van der Waals surface area (Å²) < 4.78 is 10.9. The number of carbonyl (C=O) groups excluding carboxylic acids is 1. The third kappa shape index (κ3) is 4.01. The SMILES string of the molecule is COc1cc(C(=O)Cc2ccc(C(=O)O)cc2)cc(-c2cccs2)c1OC. The monoisotopic (exact) mass is 382 g/mol. The Morgan fingerprint density at radius 2 is 1.74 bits per heavy atom. The van der Waals surface area contributed by atoms with Crippen LogP contribution in [-0.4, -0.2) is 31.1 Å². The molecule has 0 bridgehead atoms. The van der Waals surface area contributed by atoms with Crippen molar-refractivity contribution in [3.63, 3.8) is 0 Å². The zero-order chi connectivity index (χ0) is 19.4. The number of benzene rings is 2. The lowest BCUT2D eigenvalue weighted by atomic mass is 9.99. The number of rotatable bonds is 7. The van der Waals surface area contributed by atoms with Crippen LogP contribution >= 0.6 is 11.3 Å². The average Bonchev–Trinajstić information content (AvgIpc) is 3.21. The van der Waals surface area contributed by atoms with E-state index in [0.29, 0.717) is 17.1 Å². The minimum absolute atomic E-state index is 0.0863. The third-order valence-corrected chi connectivity index (χ3v) is 5.06. The van der Waals surface area contributed by atoms with Crippen LogP contribution in [0.5, 0.6) is 11.5 Å². The molecule has 0 amide bonds. The zero-order valence-electron chi connectivity index (χ0n) is 14.9. The van der Waals surface area contributed by atoms with Crippen LogP contribution in [0.4, 0.5) is 0 Å². The first-order valence-electron chi connectivity index (χ1n) is 8.18. The molecule has 1 heterocycles. The van der Waals surface area contributed by atoms with Crippen LogP contribution in [-0.2, 0) is 6.42 Å². The van der Waals surface area contributed by atoms with Gasteiger partial charge in [-0.2, -0.15) is 0 Å². The van der Waals surface area contributed by atoms with E-state index in [2.05, 4.69) is 0 Å². The second-order valence-electron chi connectivity index (χ2n) is 5.84. The summed E-state index contributed by atoms with van der Waals surface area (Å²) in [5, 5.41) is 10.9. The summed E-state index contributed by atoms with van der Waals surface area (Å²) in [6, 6.07) is 13.7. The molecule has 0 unspecified atom stereocenters. The molecule has 1 aromatic heterocycles. The highest BCUT2D eigenvalue weighted by Crippen LogP contribution is 2.41. The summed E-state index contributed by atoms with van der Waals surface area (Å²) in [6.07, 6.45) is 0.166. The van der Waals surface area contributed by atoms with E-state index in [9.17, 15) is 9.59 Å². The largest absolute Gasteiger partial charge is 0.493 e. The van der Waals surface area contributed by atoms with Gasteiger partial charge >= 0.3 is 5.97 Å². The van der Waals surface area contributed by atoms with Gasteiger partial charge in [0.05, 0.1) is 19.8 Å². The lowest BCUT2D eigenvalue weighted by molar-refractivity contribution is 0.0696. The van der Waals surface area contributed by atoms with E-state index in [-0.39, 0.29) is 17.8 Å². The number of carboxylic acids is 1. The van der Waals surface area contributed by atoms with Crippen molar-refractivity contribution in [2.45, 2.75) is 6.42 Å². The minimum atomic E-state index is -0.992. The zero-order valence-corrected chi connectivity index (χ0v) is 15.7. The lowest BCUT2D eigenvalue weighted by Gasteiger charge is -2.14. The molecule has 1 N–H and O–H groups in total. The Labute approximate surface area is 160 Å². The molecule has 0 fully saturated rings. The Bertz CT molecular complexity index is 959. The van der Waals surface area contributed by atoms with Crippen molar-refractivity contribution in [1.82, 2.24) is 0 Å². The van der Waals surface area contributed by atoms with Gasteiger partial charge in [0.1, 0.15) is 0 Å². The molecule has 0 atom stereocenters. The molecule has 3 aromatic rings. The van der Waals surface area contributed by atoms with E-state index >= 15 is 0 Å². The van der Waals surface area contributed by atoms with Crippen molar-refractivity contribution in [1.29, 1.82) is 0 Å². The van der Waals surface area contributed by atoms with E-state index in [0.717, 1.165) is 16.0 Å². The number of methoxy groups -OCH3 is 2. The second-order valence-corrected chi connectivity index (χ2v) is 6.79. The fourth-order valence-electron chi connectivity index (χ4n) is 2.79. The minimum Gasteiger partial charge on any atom is -0.493 e. The van der Waals surface area contributed by atoms with E-state index < -0.39 is 5.97 Å². The Morgan fingerprint density at radius 3 is 2.30 bits per heavy atom. The van der Waals surface area contributed by atoms with Gasteiger partial charge in [-0.3, -0.25) is 4.79 Å². The first kappa shape index (κ1) is 18.7. The highest BCUT2D eigenvalue weighted by atomic mass is 32.1. The van der Waals surface area contributed by atoms with E-state index in [1.165, 1.54) is 19.2 Å². The van der Waals surface area contributed by atoms with Gasteiger partial charge in [-0.1, -0.05) is 18.2 Å². The van der Waals surface area contributed by atoms with Gasteiger partial charge < -0.3 is 14.6 Å². The summed E-state index contributed by atoms with van der Waals surface area (Å²) in [5.41, 5.74) is 2.25. The van der Waals surface area contributed by atoms with Crippen LogP contribution in [0.2, 0.25) is 0 Å². The maximum Gasteiger partial charge on any atom is 0.335 e. The van der Waals surface area contributed by atoms with Gasteiger partial charge in [0.25, 0.3) is 0 Å². The summed E-state index contributed by atoms with van der Waals surface area (Å²) >= 11 is 1.55. The molecule has 0 aliphatic carbocycles. The van der Waals surface area contributed by atoms with Crippen LogP contribution in [0.25, 0.3) is 10.4 Å². The van der Waals surface area contributed by atoms with Crippen molar-refractivity contribution >= 4 is 23.1 Å². The number of carbonyl (C=O) groups is 2. The van der Waals surface area contributed by atoms with Crippen LogP contribution < -0.4 is 9.47 Å². The first-order chi connectivity index (χ1) is 13.0. The molecule has 2 aromatic carbocycles. The van der Waals surface area contributed by atoms with Crippen LogP contribution in [0, 0.1) is 0 Å². The number of carboxylic acid groups (broad SMARTS) is 1. The van der Waals surface area contributed by atoms with Crippen molar-refractivity contribution in [3.8, 4) is 21.9 Å². The highest BCUT2D eigenvalue weighted by molar-refractivity contribution is 7.13. The molecule has 3 rings (SSSR count). The van der Waals surface area contributed by atoms with Crippen LogP contribution in [0.15, 0.2) is 53.9 Å². The Morgan fingerprint density at radius 1 is 1.00 bits per heavy atom. The molecule has 0 saturated heterocycles. The van der Waals surface area contributed by atoms with Crippen molar-refractivity contribution in [2.24, 2.45) is 0 Å². The summed E-state index contributed by atoms with van der Waals surface area (Å²) in [7, 11) is 3.11. The number of Topliss-reactive ketones (excluding diaryl/α,β-unsaturated/α-hetero) is 1. The number of hydrogen-bond acceptors (Lipinski definition) is 5. The smallest absolute Gasteiger partial charge is 0.335 e. The number of ether oxygens (including phenoxy) is 2. The Hall–Kier alpha value is -3.12. The fourth-order valence-corrected chi connectivity index (χ4v) is 3.53. The van der Waals surface area contributed by atoms with Crippen LogP contribution in [0.1, 0.15) is 26.3 Å². The normalized spacial score (nSPS) is 10.4. The molecule has 0 spiro atoms. The highest BCUT2D eigenvalue weighted by Gasteiger charge is 2.18. The predicted octanol–water partition coefficient (Wildman–Crippen LogP) is 4.56. The molecule has 0 aliphatic heterocycles. The molecule has 138 valence electrons. The fraction of sp³-hybridized carbons (Fsp3) is 0.143. The quantitative estimate of drug-likeness (QED) is 0.607. The topological polar surface area (TPSA) is 72.8 Å². The second kappa shape index (κ2) is 8.05. The standard InChI is InChI=1S/C21H18O5S/c1-25-18-12-15(11-16(20(18)26-2)19-4-3-9-27-19)17(22)10-13-5-7-14(8-6-13)21(23)24/h3-9,11-12H,10H2,1-2H3,(H,23,24). The first-order valence-corrected chi connectivity index (χ1v) is 9.06. The van der Waals surface area contributed by atoms with E-state index in [1.54, 1.807) is 42.7 Å². The number of hydrogen-bond donors (Lipinski definition) is 1. The van der Waals surface area contributed by atoms with Gasteiger partial charge in [-0.25, -0.2) is 4.79 Å². The lowest BCUT2D eigenvalue weighted by Crippen LogP contribution is -2.06. The number of thiophene rings is 1. The summed E-state index contributed by atoms with van der Waals surface area (Å²) in [6.45, 7) is 0. The number of ketones is 1. The molecule has 0 radical (unpaired) electrons. The van der Waals surface area contributed by atoms with Gasteiger partial charge in [0.2, 0.25) is 0 Å². The molecule has 6 heteroatoms. The molecular weight excluding hydrogens is 364 g/mol. The maximum atomic E-state index is 12.8. The molecular formula is C21H18O5S. The van der Waals surface area contributed by atoms with Gasteiger partial charge in [-0.15, -0.1) is 11.3 Å². The summed E-state index contributed by atoms with van der Waals surface area (Å²) in [4.78, 5) is 24.7. The van der Waals surface area contributed by atoms with Gasteiger partial charge in [0, 0.05) is 22.4 Å². The third-order valence-electron chi connectivity index (χ3n) is 4.15. The van der Waals surface area contributed by atoms with E-state index in [1.807, 2.05) is 17.5 Å². The van der Waals surface area contributed by atoms with Crippen LogP contribution in [0.3, 0.4) is 0 Å². The maximum absolute atomic E-state index is 12.8. The molecule has 5 nitrogen and oxygen atoms in total. The molecule has 27 heavy (non-hydrogen) atoms. The van der Waals surface area contributed by atoms with E-state index in [4.69, 9.17) is 14.6 Å². The molecule has 0 saturated carbocycles. The van der Waals surface area contributed by atoms with Crippen molar-refractivity contribution in [2.75, 3.05) is 14.2 Å². The summed E-state index contributed by atoms with van der Waals surface area (Å²) in [5.74, 6) is 0.000442. The van der Waals surface area contributed by atoms with Gasteiger partial charge in [-0.05, 0) is 41.3 Å². The average molecular weight is 382 g/mol. The Balaban J connectivity index is 1.94.